The van der Waals surface area contributed by atoms with E-state index >= 15 is 0 Å². The molecule has 1 aliphatic heterocycles. The summed E-state index contributed by atoms with van der Waals surface area (Å²) in [5.41, 5.74) is 2.14. The highest BCUT2D eigenvalue weighted by atomic mass is 28.3. The van der Waals surface area contributed by atoms with E-state index in [0.29, 0.717) is 31.2 Å². The maximum atomic E-state index is 12.8. The van der Waals surface area contributed by atoms with Crippen LogP contribution in [-0.4, -0.2) is 66.5 Å². The van der Waals surface area contributed by atoms with Gasteiger partial charge in [-0.1, -0.05) is 31.8 Å². The number of pyridine rings is 1. The van der Waals surface area contributed by atoms with E-state index in [1.165, 1.54) is 12.0 Å². The highest BCUT2D eigenvalue weighted by Crippen LogP contribution is 2.37. The Hall–Kier alpha value is -3.37. The van der Waals surface area contributed by atoms with Crippen molar-refractivity contribution in [3.63, 3.8) is 0 Å². The molecule has 0 N–H and O–H groups in total. The number of amides is 1. The predicted octanol–water partition coefficient (Wildman–Crippen LogP) is 6.72. The molecule has 222 valence electrons. The molecule has 0 bridgehead atoms. The smallest absolute Gasteiger partial charge is 0.411 e. The summed E-state index contributed by atoms with van der Waals surface area (Å²) in [6, 6.07) is 9.88. The maximum absolute atomic E-state index is 12.8. The van der Waals surface area contributed by atoms with Crippen LogP contribution in [0.2, 0.25) is 25.7 Å². The topological polar surface area (TPSA) is 92.1 Å². The number of likely N-dealkylation sites (tertiary alicyclic amines) is 1. The Kier molecular flexibility index (Phi) is 9.13. The van der Waals surface area contributed by atoms with Gasteiger partial charge in [-0.3, -0.25) is 4.90 Å². The molecule has 1 fully saturated rings. The van der Waals surface area contributed by atoms with Gasteiger partial charge >= 0.3 is 12.1 Å². The van der Waals surface area contributed by atoms with E-state index in [2.05, 4.69) is 24.6 Å². The molecule has 3 aromatic rings. The molecule has 2 atom stereocenters. The summed E-state index contributed by atoms with van der Waals surface area (Å²) in [5, 5.41) is 0.944. The van der Waals surface area contributed by atoms with Crippen LogP contribution < -0.4 is 4.74 Å². The number of ether oxygens (including phenoxy) is 4. The molecule has 10 heteroatoms. The lowest BCUT2D eigenvalue weighted by atomic mass is 9.91. The Morgan fingerprint density at radius 3 is 2.44 bits per heavy atom. The van der Waals surface area contributed by atoms with Gasteiger partial charge in [0.2, 0.25) is 0 Å². The van der Waals surface area contributed by atoms with Gasteiger partial charge < -0.3 is 23.5 Å². The van der Waals surface area contributed by atoms with Crippen LogP contribution in [0.15, 0.2) is 42.7 Å². The van der Waals surface area contributed by atoms with Gasteiger partial charge in [-0.25, -0.2) is 14.6 Å². The fourth-order valence-electron chi connectivity index (χ4n) is 5.10. The Balaban J connectivity index is 1.49. The molecule has 9 nitrogen and oxygen atoms in total. The van der Waals surface area contributed by atoms with E-state index in [1.807, 2.05) is 48.0 Å². The number of hydrogen-bond donors (Lipinski definition) is 0. The van der Waals surface area contributed by atoms with Crippen molar-refractivity contribution in [3.05, 3.63) is 53.9 Å². The zero-order chi connectivity index (χ0) is 29.9. The van der Waals surface area contributed by atoms with Crippen LogP contribution in [0.25, 0.3) is 11.0 Å². The minimum atomic E-state index is -1.15. The third-order valence-corrected chi connectivity index (χ3v) is 8.84. The van der Waals surface area contributed by atoms with Crippen LogP contribution in [0, 0.1) is 6.92 Å². The zero-order valence-electron chi connectivity index (χ0n) is 25.5. The van der Waals surface area contributed by atoms with Crippen molar-refractivity contribution in [2.24, 2.45) is 0 Å². The van der Waals surface area contributed by atoms with E-state index < -0.39 is 31.8 Å². The summed E-state index contributed by atoms with van der Waals surface area (Å²) in [6.07, 6.45) is 3.90. The van der Waals surface area contributed by atoms with Gasteiger partial charge in [0, 0.05) is 39.5 Å². The zero-order valence-corrected chi connectivity index (χ0v) is 26.5. The number of fused-ring (bicyclic) bond motifs is 1. The van der Waals surface area contributed by atoms with Crippen molar-refractivity contribution in [1.82, 2.24) is 14.5 Å². The van der Waals surface area contributed by atoms with Crippen LogP contribution in [-0.2, 0) is 25.7 Å². The van der Waals surface area contributed by atoms with Crippen molar-refractivity contribution in [2.75, 3.05) is 20.3 Å². The number of nitrogens with zero attached hydrogens (tertiary/aromatic N) is 3. The first-order chi connectivity index (χ1) is 19.3. The fraction of sp³-hybridized carbons (Fsp3) is 0.516. The molecular formula is C31H43N3O6Si. The van der Waals surface area contributed by atoms with Crippen molar-refractivity contribution < 1.29 is 28.5 Å². The van der Waals surface area contributed by atoms with E-state index in [1.54, 1.807) is 27.0 Å². The van der Waals surface area contributed by atoms with Crippen molar-refractivity contribution >= 4 is 31.2 Å². The monoisotopic (exact) mass is 581 g/mol. The summed E-state index contributed by atoms with van der Waals surface area (Å²) in [7, 11) is 0.186. The van der Waals surface area contributed by atoms with Crippen LogP contribution >= 0.6 is 0 Å². The van der Waals surface area contributed by atoms with Crippen LogP contribution in [0.5, 0.6) is 11.5 Å². The molecule has 3 heterocycles. The number of methoxy groups -OCH3 is 1. The molecule has 2 aromatic heterocycles. The first-order valence-electron chi connectivity index (χ1n) is 14.1. The van der Waals surface area contributed by atoms with E-state index in [0.717, 1.165) is 34.8 Å². The number of hydrogen-bond acceptors (Lipinski definition) is 7. The Bertz CT molecular complexity index is 1370. The maximum Gasteiger partial charge on any atom is 0.411 e. The van der Waals surface area contributed by atoms with Gasteiger partial charge in [-0.2, -0.15) is 0 Å². The quantitative estimate of drug-likeness (QED) is 0.157. The molecule has 0 unspecified atom stereocenters. The summed E-state index contributed by atoms with van der Waals surface area (Å²) in [4.78, 5) is 31.7. The lowest BCUT2D eigenvalue weighted by Crippen LogP contribution is -2.45. The van der Waals surface area contributed by atoms with Crippen LogP contribution in [0.1, 0.15) is 44.2 Å². The molecule has 4 rings (SSSR count). The summed E-state index contributed by atoms with van der Waals surface area (Å²) in [6.45, 7) is 16.1. The standard InChI is InChI=1S/C31H43N3O6Si/c1-21-19-33(20-38-17-18-41(6,7)8)28-26(21)25(13-15-32-28)39-23-11-9-22(10-12-23)24-14-16-34(27(24)29(35)37-5)30(36)40-31(2,3)4/h9-13,15,19,24,27H,14,16-18,20H2,1-8H3/t24-,27+/m1/s1. The molecule has 1 aliphatic rings. The number of aryl methyl sites for hydroxylation is 1. The van der Waals surface area contributed by atoms with E-state index in [-0.39, 0.29) is 5.92 Å². The average Bonchev–Trinajstić information content (AvgIpc) is 3.47. The first kappa shape index (κ1) is 30.6. The van der Waals surface area contributed by atoms with Crippen molar-refractivity contribution in [3.8, 4) is 11.5 Å². The van der Waals surface area contributed by atoms with Crippen molar-refractivity contribution in [2.45, 2.75) is 84.1 Å². The van der Waals surface area contributed by atoms with Gasteiger partial charge in [-0.05, 0) is 69.5 Å². The lowest BCUT2D eigenvalue weighted by Gasteiger charge is -2.29. The predicted molar refractivity (Wildman–Crippen MR) is 161 cm³/mol. The lowest BCUT2D eigenvalue weighted by molar-refractivity contribution is -0.146. The van der Waals surface area contributed by atoms with Gasteiger partial charge in [0.05, 0.1) is 12.5 Å². The second kappa shape index (κ2) is 12.2. The second-order valence-corrected chi connectivity index (χ2v) is 18.5. The van der Waals surface area contributed by atoms with Crippen molar-refractivity contribution in [1.29, 1.82) is 0 Å². The highest BCUT2D eigenvalue weighted by Gasteiger charge is 2.44. The Labute approximate surface area is 243 Å². The number of carbonyl (C=O) groups excluding carboxylic acids is 2. The third-order valence-electron chi connectivity index (χ3n) is 7.14. The summed E-state index contributed by atoms with van der Waals surface area (Å²) >= 11 is 0. The molecule has 0 aliphatic carbocycles. The first-order valence-corrected chi connectivity index (χ1v) is 17.9. The van der Waals surface area contributed by atoms with Gasteiger partial charge in [-0.15, -0.1) is 0 Å². The van der Waals surface area contributed by atoms with Gasteiger partial charge in [0.25, 0.3) is 0 Å². The molecule has 41 heavy (non-hydrogen) atoms. The van der Waals surface area contributed by atoms with Gasteiger partial charge in [0.15, 0.2) is 0 Å². The number of carbonyl (C=O) groups is 2. The number of aromatic nitrogens is 2. The van der Waals surface area contributed by atoms with Gasteiger partial charge in [0.1, 0.15) is 35.5 Å². The fourth-order valence-corrected chi connectivity index (χ4v) is 5.85. The SMILES string of the molecule is COC(=O)[C@@H]1[C@@H](c2ccc(Oc3ccnc4c3c(C)cn4COCC[Si](C)(C)C)cc2)CCN1C(=O)OC(C)(C)C. The van der Waals surface area contributed by atoms with E-state index in [9.17, 15) is 9.59 Å². The second-order valence-electron chi connectivity index (χ2n) is 12.8. The molecule has 0 saturated carbocycles. The molecule has 0 spiro atoms. The Morgan fingerprint density at radius 1 is 1.10 bits per heavy atom. The normalized spacial score (nSPS) is 17.6. The van der Waals surface area contributed by atoms with Crippen LogP contribution in [0.3, 0.4) is 0 Å². The number of esters is 1. The molecule has 1 saturated heterocycles. The molecule has 1 amide bonds. The Morgan fingerprint density at radius 2 is 1.80 bits per heavy atom. The minimum Gasteiger partial charge on any atom is -0.467 e. The van der Waals surface area contributed by atoms with Crippen LogP contribution in [0.4, 0.5) is 4.79 Å². The molecule has 0 radical (unpaired) electrons. The molecular weight excluding hydrogens is 538 g/mol. The third kappa shape index (κ3) is 7.48. The highest BCUT2D eigenvalue weighted by molar-refractivity contribution is 6.76. The molecule has 1 aromatic carbocycles. The average molecular weight is 582 g/mol. The van der Waals surface area contributed by atoms with E-state index in [4.69, 9.17) is 18.9 Å². The summed E-state index contributed by atoms with van der Waals surface area (Å²) < 4.78 is 24.9. The number of benzene rings is 1. The largest absolute Gasteiger partial charge is 0.467 e. The summed E-state index contributed by atoms with van der Waals surface area (Å²) in [5.74, 6) is 0.707. The number of rotatable bonds is 9. The minimum absolute atomic E-state index is 0.214.